The van der Waals surface area contributed by atoms with Crippen molar-refractivity contribution in [1.29, 1.82) is 0 Å². The number of carbonyl (C=O) groups excluding carboxylic acids is 1. The van der Waals surface area contributed by atoms with Crippen molar-refractivity contribution in [3.05, 3.63) is 58.5 Å². The average molecular weight is 328 g/mol. The molecule has 0 amide bonds. The molecule has 2 aromatic rings. The molecule has 0 aliphatic carbocycles. The number of aromatic nitrogens is 1. The molecule has 2 N–H and O–H groups in total. The first-order valence-electron chi connectivity index (χ1n) is 7.53. The normalized spacial score (nSPS) is 15.6. The lowest BCUT2D eigenvalue weighted by molar-refractivity contribution is -0.140. The Balaban J connectivity index is 1.70. The highest BCUT2D eigenvalue weighted by atomic mass is 16.5. The summed E-state index contributed by atoms with van der Waals surface area (Å²) in [6.45, 7) is -0.193. The molecule has 0 unspecified atom stereocenters. The molecule has 7 heteroatoms. The molecule has 1 aliphatic rings. The Kier molecular flexibility index (Phi) is 4.33. The number of hydrogen-bond acceptors (Lipinski definition) is 5. The molecule has 0 spiro atoms. The van der Waals surface area contributed by atoms with E-state index in [0.717, 1.165) is 0 Å². The third kappa shape index (κ3) is 3.15. The first-order valence-corrected chi connectivity index (χ1v) is 7.53. The molecule has 1 aliphatic heterocycles. The number of nitrogens with one attached hydrogen (secondary N) is 1. The van der Waals surface area contributed by atoms with E-state index in [0.29, 0.717) is 24.3 Å². The molecule has 7 nitrogen and oxygen atoms in total. The van der Waals surface area contributed by atoms with Crippen molar-refractivity contribution < 1.29 is 19.4 Å². The van der Waals surface area contributed by atoms with E-state index in [2.05, 4.69) is 5.32 Å². The Morgan fingerprint density at radius 2 is 1.96 bits per heavy atom. The van der Waals surface area contributed by atoms with Crippen LogP contribution in [0.2, 0.25) is 0 Å². The monoisotopic (exact) mass is 328 g/mol. The number of anilines is 1. The van der Waals surface area contributed by atoms with Gasteiger partial charge in [0.25, 0.3) is 5.56 Å². The van der Waals surface area contributed by atoms with Crippen LogP contribution in [0.1, 0.15) is 18.2 Å². The zero-order chi connectivity index (χ0) is 17.1. The van der Waals surface area contributed by atoms with E-state index in [1.807, 2.05) is 0 Å². The first kappa shape index (κ1) is 15.8. The summed E-state index contributed by atoms with van der Waals surface area (Å²) in [6, 6.07) is 11.0. The number of nitrogens with zero attached hydrogens (tertiary/aromatic N) is 1. The van der Waals surface area contributed by atoms with Crippen LogP contribution in [0.4, 0.5) is 5.69 Å². The zero-order valence-electron chi connectivity index (χ0n) is 12.8. The predicted molar refractivity (Wildman–Crippen MR) is 86.3 cm³/mol. The number of carboxylic acid groups (broad SMARTS) is 1. The zero-order valence-corrected chi connectivity index (χ0v) is 12.8. The highest BCUT2D eigenvalue weighted by Gasteiger charge is 2.29. The highest BCUT2D eigenvalue weighted by Crippen LogP contribution is 2.24. The van der Waals surface area contributed by atoms with Gasteiger partial charge < -0.3 is 15.2 Å². The van der Waals surface area contributed by atoms with Crippen molar-refractivity contribution in [3.8, 4) is 5.75 Å². The fourth-order valence-corrected chi connectivity index (χ4v) is 2.74. The van der Waals surface area contributed by atoms with E-state index < -0.39 is 23.5 Å². The molecule has 2 heterocycles. The minimum absolute atomic E-state index is 0.178. The van der Waals surface area contributed by atoms with E-state index in [1.54, 1.807) is 42.5 Å². The summed E-state index contributed by atoms with van der Waals surface area (Å²) < 4.78 is 6.39. The SMILES string of the molecule is O=C(CNc1ccc2n(c1=O)[C@H](C(=O)O)CC2)Oc1ccccc1. The molecule has 0 saturated carbocycles. The molecular formula is C17H16N2O5. The van der Waals surface area contributed by atoms with Crippen molar-refractivity contribution in [2.45, 2.75) is 18.9 Å². The third-order valence-electron chi connectivity index (χ3n) is 3.87. The quantitative estimate of drug-likeness (QED) is 0.637. The summed E-state index contributed by atoms with van der Waals surface area (Å²) >= 11 is 0. The van der Waals surface area contributed by atoms with Gasteiger partial charge in [0.2, 0.25) is 0 Å². The predicted octanol–water partition coefficient (Wildman–Crippen LogP) is 1.44. The largest absolute Gasteiger partial charge is 0.480 e. The van der Waals surface area contributed by atoms with Crippen molar-refractivity contribution in [3.63, 3.8) is 0 Å². The lowest BCUT2D eigenvalue weighted by atomic mass is 10.2. The molecule has 0 fully saturated rings. The summed E-state index contributed by atoms with van der Waals surface area (Å²) in [4.78, 5) is 35.5. The topological polar surface area (TPSA) is 97.6 Å². The molecular weight excluding hydrogens is 312 g/mol. The second-order valence-corrected chi connectivity index (χ2v) is 5.45. The van der Waals surface area contributed by atoms with Gasteiger partial charge in [0, 0.05) is 5.69 Å². The second kappa shape index (κ2) is 6.57. The van der Waals surface area contributed by atoms with Gasteiger partial charge in [0.1, 0.15) is 24.0 Å². The van der Waals surface area contributed by atoms with E-state index in [1.165, 1.54) is 4.57 Å². The maximum absolute atomic E-state index is 12.4. The van der Waals surface area contributed by atoms with Crippen LogP contribution in [0, 0.1) is 0 Å². The summed E-state index contributed by atoms with van der Waals surface area (Å²) in [5, 5.41) is 11.9. The fraction of sp³-hybridized carbons (Fsp3) is 0.235. The number of hydrogen-bond donors (Lipinski definition) is 2. The molecule has 1 aromatic carbocycles. The van der Waals surface area contributed by atoms with Crippen molar-refractivity contribution in [2.24, 2.45) is 0 Å². The van der Waals surface area contributed by atoms with Crippen LogP contribution < -0.4 is 15.6 Å². The van der Waals surface area contributed by atoms with E-state index in [-0.39, 0.29) is 12.2 Å². The molecule has 1 atom stereocenters. The van der Waals surface area contributed by atoms with Gasteiger partial charge in [0.15, 0.2) is 0 Å². The van der Waals surface area contributed by atoms with Gasteiger partial charge in [-0.05, 0) is 37.1 Å². The number of ether oxygens (including phenoxy) is 1. The van der Waals surface area contributed by atoms with Crippen LogP contribution in [0.25, 0.3) is 0 Å². The summed E-state index contributed by atoms with van der Waals surface area (Å²) in [5.74, 6) is -1.15. The summed E-state index contributed by atoms with van der Waals surface area (Å²) in [5.41, 5.74) is 0.423. The summed E-state index contributed by atoms with van der Waals surface area (Å²) in [6.07, 6.45) is 0.937. The van der Waals surface area contributed by atoms with E-state index in [9.17, 15) is 19.5 Å². The minimum atomic E-state index is -1.03. The number of benzene rings is 1. The number of rotatable bonds is 5. The Morgan fingerprint density at radius 3 is 2.67 bits per heavy atom. The number of para-hydroxylation sites is 1. The molecule has 124 valence electrons. The van der Waals surface area contributed by atoms with Crippen molar-refractivity contribution in [2.75, 3.05) is 11.9 Å². The molecule has 0 bridgehead atoms. The lowest BCUT2D eigenvalue weighted by Gasteiger charge is -2.12. The third-order valence-corrected chi connectivity index (χ3v) is 3.87. The van der Waals surface area contributed by atoms with Crippen LogP contribution in [0.5, 0.6) is 5.75 Å². The highest BCUT2D eigenvalue weighted by molar-refractivity contribution is 5.77. The Labute approximate surface area is 137 Å². The van der Waals surface area contributed by atoms with E-state index >= 15 is 0 Å². The van der Waals surface area contributed by atoms with Crippen molar-refractivity contribution >= 4 is 17.6 Å². The second-order valence-electron chi connectivity index (χ2n) is 5.45. The Bertz CT molecular complexity index is 829. The Morgan fingerprint density at radius 1 is 1.21 bits per heavy atom. The van der Waals surface area contributed by atoms with Crippen LogP contribution in [-0.2, 0) is 16.0 Å². The number of fused-ring (bicyclic) bond motifs is 1. The van der Waals surface area contributed by atoms with Crippen molar-refractivity contribution in [1.82, 2.24) is 4.57 Å². The standard InChI is InChI=1S/C17H16N2O5/c20-15(24-12-4-2-1-3-5-12)10-18-13-8-6-11-7-9-14(17(22)23)19(11)16(13)21/h1-6,8,14,18H,7,9-10H2,(H,22,23)/t14-/m0/s1. The number of carbonyl (C=O) groups is 2. The fourth-order valence-electron chi connectivity index (χ4n) is 2.74. The van der Waals surface area contributed by atoms with Crippen LogP contribution >= 0.6 is 0 Å². The van der Waals surface area contributed by atoms with Gasteiger partial charge in [0.05, 0.1) is 0 Å². The molecule has 3 rings (SSSR count). The Hall–Kier alpha value is -3.09. The number of esters is 1. The number of carboxylic acids is 1. The van der Waals surface area contributed by atoms with Crippen LogP contribution in [0.3, 0.4) is 0 Å². The van der Waals surface area contributed by atoms with Gasteiger partial charge in [-0.2, -0.15) is 0 Å². The molecule has 0 saturated heterocycles. The van der Waals surface area contributed by atoms with Gasteiger partial charge in [-0.15, -0.1) is 0 Å². The first-order chi connectivity index (χ1) is 11.6. The number of aliphatic carboxylic acids is 1. The van der Waals surface area contributed by atoms with Gasteiger partial charge in [-0.3, -0.25) is 9.36 Å². The molecule has 24 heavy (non-hydrogen) atoms. The maximum Gasteiger partial charge on any atom is 0.330 e. The average Bonchev–Trinajstić information content (AvgIpc) is 3.00. The van der Waals surface area contributed by atoms with Crippen LogP contribution in [-0.4, -0.2) is 28.2 Å². The maximum atomic E-state index is 12.4. The summed E-state index contributed by atoms with van der Waals surface area (Å²) in [7, 11) is 0. The van der Waals surface area contributed by atoms with Gasteiger partial charge >= 0.3 is 11.9 Å². The molecule has 0 radical (unpaired) electrons. The molecule has 1 aromatic heterocycles. The lowest BCUT2D eigenvalue weighted by Crippen LogP contribution is -2.31. The smallest absolute Gasteiger partial charge is 0.330 e. The van der Waals surface area contributed by atoms with Gasteiger partial charge in [-0.25, -0.2) is 9.59 Å². The van der Waals surface area contributed by atoms with Gasteiger partial charge in [-0.1, -0.05) is 18.2 Å². The number of aryl methyl sites for hydroxylation is 1. The van der Waals surface area contributed by atoms with E-state index in [4.69, 9.17) is 4.74 Å². The van der Waals surface area contributed by atoms with Crippen LogP contribution in [0.15, 0.2) is 47.3 Å². The minimum Gasteiger partial charge on any atom is -0.480 e. The number of pyridine rings is 1.